The molecule has 1 unspecified atom stereocenters. The minimum absolute atomic E-state index is 0.0924. The summed E-state index contributed by atoms with van der Waals surface area (Å²) >= 11 is 0. The van der Waals surface area contributed by atoms with Gasteiger partial charge in [0.15, 0.2) is 0 Å². The highest BCUT2D eigenvalue weighted by Gasteiger charge is 2.27. The second-order valence-corrected chi connectivity index (χ2v) is 16.0. The van der Waals surface area contributed by atoms with Crippen LogP contribution in [0.1, 0.15) is 219 Å². The second-order valence-electron chi connectivity index (χ2n) is 14.6. The number of rotatable bonds is 40. The third kappa shape index (κ3) is 35.7. The van der Waals surface area contributed by atoms with Crippen molar-refractivity contribution in [3.63, 3.8) is 0 Å². The van der Waals surface area contributed by atoms with E-state index in [1.165, 1.54) is 154 Å². The van der Waals surface area contributed by atoms with Gasteiger partial charge in [0.05, 0.1) is 25.4 Å². The third-order valence-corrected chi connectivity index (χ3v) is 10.7. The molecule has 0 spiro atoms. The van der Waals surface area contributed by atoms with Crippen LogP contribution in [0.3, 0.4) is 0 Å². The number of phosphoric acid groups is 1. The number of hydrogen-bond donors (Lipinski definition) is 4. The molecule has 1 amide bonds. The Kier molecular flexibility index (Phi) is 36.9. The van der Waals surface area contributed by atoms with Gasteiger partial charge in [0.1, 0.15) is 0 Å². The van der Waals surface area contributed by atoms with E-state index in [9.17, 15) is 19.4 Å². The van der Waals surface area contributed by atoms with Crippen LogP contribution in [-0.4, -0.2) is 47.8 Å². The summed E-state index contributed by atoms with van der Waals surface area (Å²) in [5, 5.41) is 13.8. The predicted octanol–water partition coefficient (Wildman–Crippen LogP) is 11.4. The first kappa shape index (κ1) is 48.5. The Bertz CT molecular complexity index is 744. The van der Waals surface area contributed by atoms with E-state index in [-0.39, 0.29) is 25.7 Å². The maximum atomic E-state index is 12.7. The van der Waals surface area contributed by atoms with E-state index in [0.717, 1.165) is 38.5 Å². The van der Waals surface area contributed by atoms with Crippen molar-refractivity contribution in [2.24, 2.45) is 5.73 Å². The van der Waals surface area contributed by atoms with Gasteiger partial charge in [-0.2, -0.15) is 0 Å². The van der Waals surface area contributed by atoms with Crippen molar-refractivity contribution in [3.8, 4) is 0 Å². The lowest BCUT2D eigenvalue weighted by Gasteiger charge is -2.25. The number of phosphoric ester groups is 1. The molecule has 0 fully saturated rings. The van der Waals surface area contributed by atoms with Crippen LogP contribution in [0.2, 0.25) is 0 Å². The van der Waals surface area contributed by atoms with Gasteiger partial charge in [0, 0.05) is 13.0 Å². The Hall–Kier alpha value is -0.500. The molecule has 0 rings (SSSR count). The average molecular weight is 719 g/mol. The van der Waals surface area contributed by atoms with E-state index in [1.54, 1.807) is 0 Å². The number of carbonyl (C=O) groups excluding carboxylic acids is 1. The Morgan fingerprint density at radius 3 is 1.31 bits per heavy atom. The number of nitrogens with two attached hydrogens (primary N) is 1. The van der Waals surface area contributed by atoms with Crippen LogP contribution < -0.4 is 11.1 Å². The largest absolute Gasteiger partial charge is 0.472 e. The molecule has 5 N–H and O–H groups in total. The molecule has 3 atom stereocenters. The zero-order valence-electron chi connectivity index (χ0n) is 32.5. The van der Waals surface area contributed by atoms with E-state index in [0.29, 0.717) is 12.8 Å². The molecule has 0 radical (unpaired) electrons. The Morgan fingerprint density at radius 2 is 0.939 bits per heavy atom. The standard InChI is InChI=1S/C40H83N2O6P/c1-3-5-7-9-11-13-15-17-19-20-21-23-25-27-29-31-33-39(43)38(37-48-49(45,46)47-36-35-41)42-40(44)34-32-30-28-26-24-22-18-16-14-12-10-8-6-4-2/h38-39,43H,3-37,41H2,1-2H3,(H,42,44)(H,45,46)/t38-,39+/m0/s1. The summed E-state index contributed by atoms with van der Waals surface area (Å²) in [6.07, 6.45) is 38.2. The Labute approximate surface area is 303 Å². The lowest BCUT2D eigenvalue weighted by atomic mass is 10.0. The highest BCUT2D eigenvalue weighted by atomic mass is 31.2. The van der Waals surface area contributed by atoms with Crippen LogP contribution in [0.15, 0.2) is 0 Å². The molecule has 0 aromatic rings. The molecule has 9 heteroatoms. The number of aliphatic hydroxyl groups is 1. The number of hydrogen-bond acceptors (Lipinski definition) is 6. The quantitative estimate of drug-likeness (QED) is 0.0366. The van der Waals surface area contributed by atoms with E-state index in [1.807, 2.05) is 0 Å². The fraction of sp³-hybridized carbons (Fsp3) is 0.975. The van der Waals surface area contributed by atoms with E-state index in [2.05, 4.69) is 19.2 Å². The summed E-state index contributed by atoms with van der Waals surface area (Å²) in [5.74, 6) is -0.158. The summed E-state index contributed by atoms with van der Waals surface area (Å²) in [6.45, 7) is 4.23. The summed E-state index contributed by atoms with van der Waals surface area (Å²) in [7, 11) is -4.31. The number of unbranched alkanes of at least 4 members (excludes halogenated alkanes) is 28. The number of carbonyl (C=O) groups is 1. The molecule has 0 aliphatic heterocycles. The molecule has 0 aliphatic rings. The van der Waals surface area contributed by atoms with Crippen LogP contribution in [0.5, 0.6) is 0 Å². The van der Waals surface area contributed by atoms with E-state index in [4.69, 9.17) is 14.8 Å². The van der Waals surface area contributed by atoms with E-state index >= 15 is 0 Å². The van der Waals surface area contributed by atoms with Crippen molar-refractivity contribution in [1.29, 1.82) is 0 Å². The van der Waals surface area contributed by atoms with Crippen molar-refractivity contribution in [2.45, 2.75) is 231 Å². The summed E-state index contributed by atoms with van der Waals surface area (Å²) in [5.41, 5.74) is 5.37. The molecule has 0 saturated carbocycles. The van der Waals surface area contributed by atoms with Gasteiger partial charge in [0.2, 0.25) is 5.91 Å². The van der Waals surface area contributed by atoms with Crippen molar-refractivity contribution in [3.05, 3.63) is 0 Å². The smallest absolute Gasteiger partial charge is 0.391 e. The van der Waals surface area contributed by atoms with Gasteiger partial charge in [-0.05, 0) is 12.8 Å². The van der Waals surface area contributed by atoms with Crippen molar-refractivity contribution >= 4 is 13.7 Å². The van der Waals surface area contributed by atoms with Crippen LogP contribution in [-0.2, 0) is 18.4 Å². The molecule has 0 heterocycles. The third-order valence-electron chi connectivity index (χ3n) is 9.71. The summed E-state index contributed by atoms with van der Waals surface area (Å²) in [4.78, 5) is 22.7. The Balaban J connectivity index is 4.15. The van der Waals surface area contributed by atoms with Crippen molar-refractivity contribution in [2.75, 3.05) is 19.8 Å². The molecule has 8 nitrogen and oxygen atoms in total. The maximum Gasteiger partial charge on any atom is 0.472 e. The lowest BCUT2D eigenvalue weighted by molar-refractivity contribution is -0.123. The second kappa shape index (κ2) is 37.3. The molecule has 0 aliphatic carbocycles. The van der Waals surface area contributed by atoms with Gasteiger partial charge < -0.3 is 21.1 Å². The first-order chi connectivity index (χ1) is 23.9. The van der Waals surface area contributed by atoms with Crippen LogP contribution in [0.4, 0.5) is 0 Å². The van der Waals surface area contributed by atoms with Crippen LogP contribution in [0.25, 0.3) is 0 Å². The number of nitrogens with one attached hydrogen (secondary N) is 1. The van der Waals surface area contributed by atoms with Gasteiger partial charge in [-0.25, -0.2) is 4.57 Å². The lowest BCUT2D eigenvalue weighted by Crippen LogP contribution is -2.46. The molecule has 0 aromatic carbocycles. The molecule has 0 saturated heterocycles. The zero-order valence-corrected chi connectivity index (χ0v) is 33.3. The first-order valence-electron chi connectivity index (χ1n) is 21.2. The van der Waals surface area contributed by atoms with Gasteiger partial charge in [-0.1, -0.05) is 200 Å². The number of aliphatic hydroxyl groups excluding tert-OH is 1. The fourth-order valence-corrected chi connectivity index (χ4v) is 7.25. The minimum atomic E-state index is -4.31. The van der Waals surface area contributed by atoms with Crippen molar-refractivity contribution < 1.29 is 28.4 Å². The van der Waals surface area contributed by atoms with Gasteiger partial charge >= 0.3 is 7.82 Å². The zero-order chi connectivity index (χ0) is 36.1. The molecule has 0 bridgehead atoms. The van der Waals surface area contributed by atoms with Crippen LogP contribution in [0, 0.1) is 0 Å². The molecular formula is C40H83N2O6P. The summed E-state index contributed by atoms with van der Waals surface area (Å²) in [6, 6.07) is -0.766. The predicted molar refractivity (Wildman–Crippen MR) is 208 cm³/mol. The van der Waals surface area contributed by atoms with Crippen LogP contribution >= 0.6 is 7.82 Å². The Morgan fingerprint density at radius 1 is 0.592 bits per heavy atom. The molecule has 49 heavy (non-hydrogen) atoms. The number of amides is 1. The highest BCUT2D eigenvalue weighted by Crippen LogP contribution is 2.43. The monoisotopic (exact) mass is 719 g/mol. The molecular weight excluding hydrogens is 635 g/mol. The molecule has 294 valence electrons. The maximum absolute atomic E-state index is 12.7. The summed E-state index contributed by atoms with van der Waals surface area (Å²) < 4.78 is 22.2. The first-order valence-corrected chi connectivity index (χ1v) is 22.6. The SMILES string of the molecule is CCCCCCCCCCCCCCCCCC[C@@H](O)[C@H](COP(=O)(O)OCCN)NC(=O)CCCCCCCCCCCCCCCC. The van der Waals surface area contributed by atoms with Gasteiger partial charge in [-0.15, -0.1) is 0 Å². The van der Waals surface area contributed by atoms with E-state index < -0.39 is 20.0 Å². The average Bonchev–Trinajstić information content (AvgIpc) is 3.09. The highest BCUT2D eigenvalue weighted by molar-refractivity contribution is 7.47. The van der Waals surface area contributed by atoms with Gasteiger partial charge in [0.25, 0.3) is 0 Å². The molecule has 0 aromatic heterocycles. The fourth-order valence-electron chi connectivity index (χ4n) is 6.49. The van der Waals surface area contributed by atoms with Crippen molar-refractivity contribution in [1.82, 2.24) is 5.32 Å². The topological polar surface area (TPSA) is 131 Å². The normalized spacial score (nSPS) is 14.1. The minimum Gasteiger partial charge on any atom is -0.391 e. The van der Waals surface area contributed by atoms with Gasteiger partial charge in [-0.3, -0.25) is 13.8 Å².